The van der Waals surface area contributed by atoms with Crippen molar-refractivity contribution in [2.24, 2.45) is 0 Å². The van der Waals surface area contributed by atoms with E-state index in [9.17, 15) is 4.79 Å². The molecule has 1 aliphatic carbocycles. The highest BCUT2D eigenvalue weighted by Crippen LogP contribution is 2.61. The van der Waals surface area contributed by atoms with E-state index in [-0.39, 0.29) is 5.78 Å². The van der Waals surface area contributed by atoms with Gasteiger partial charge in [-0.05, 0) is 18.6 Å². The molecule has 2 aromatic rings. The molecule has 2 saturated heterocycles. The van der Waals surface area contributed by atoms with Gasteiger partial charge in [-0.3, -0.25) is 13.8 Å². The van der Waals surface area contributed by atoms with E-state index in [1.165, 1.54) is 5.69 Å². The molecule has 0 amide bonds. The molecular formula is C31H40N2O6+2. The van der Waals surface area contributed by atoms with Crippen LogP contribution in [0.15, 0.2) is 18.2 Å². The van der Waals surface area contributed by atoms with Crippen molar-refractivity contribution in [1.29, 1.82) is 0 Å². The number of nitrogens with zero attached hydrogens (tertiary/aromatic N) is 2. The molecule has 2 fully saturated rings. The van der Waals surface area contributed by atoms with Crippen molar-refractivity contribution < 1.29 is 28.5 Å². The Morgan fingerprint density at radius 3 is 2.15 bits per heavy atom. The predicted octanol–water partition coefficient (Wildman–Crippen LogP) is 4.32. The van der Waals surface area contributed by atoms with Crippen LogP contribution in [0, 0.1) is 0 Å². The second kappa shape index (κ2) is 10.1. The van der Waals surface area contributed by atoms with Gasteiger partial charge in [-0.1, -0.05) is 19.4 Å². The van der Waals surface area contributed by atoms with E-state index in [2.05, 4.69) is 19.1 Å². The van der Waals surface area contributed by atoms with Gasteiger partial charge in [0.2, 0.25) is 11.4 Å². The number of rotatable bonds is 4. The second-order valence-electron chi connectivity index (χ2n) is 11.6. The first-order valence-electron chi connectivity index (χ1n) is 14.9. The van der Waals surface area contributed by atoms with Gasteiger partial charge in [-0.25, -0.2) is 0 Å². The second-order valence-corrected chi connectivity index (χ2v) is 11.6. The molecule has 5 aliphatic rings. The monoisotopic (exact) mass is 536 g/mol. The minimum Gasteiger partial charge on any atom is -0.488 e. The van der Waals surface area contributed by atoms with E-state index in [0.717, 1.165) is 108 Å². The minimum atomic E-state index is 0.0228. The Balaban J connectivity index is 1.57. The van der Waals surface area contributed by atoms with Gasteiger partial charge in [0, 0.05) is 18.4 Å². The summed E-state index contributed by atoms with van der Waals surface area (Å²) in [6.07, 6.45) is 3.81. The maximum atomic E-state index is 14.3. The lowest BCUT2D eigenvalue weighted by Crippen LogP contribution is -2.57. The molecular weight excluding hydrogens is 496 g/mol. The number of fused-ring (bicyclic) bond motifs is 4. The fraction of sp³-hybridized carbons (Fsp3) is 0.581. The fourth-order valence-corrected chi connectivity index (χ4v) is 7.42. The first-order valence-corrected chi connectivity index (χ1v) is 14.9. The maximum absolute atomic E-state index is 14.3. The van der Waals surface area contributed by atoms with Crippen LogP contribution in [0.2, 0.25) is 0 Å². The van der Waals surface area contributed by atoms with E-state index in [4.69, 9.17) is 23.7 Å². The molecule has 0 radical (unpaired) electrons. The smallest absolute Gasteiger partial charge is 0.227 e. The molecule has 8 nitrogen and oxygen atoms in total. The number of carbonyl (C=O) groups excluding carboxylic acids is 1. The lowest BCUT2D eigenvalue weighted by molar-refractivity contribution is 0.0385. The van der Waals surface area contributed by atoms with Gasteiger partial charge in [0.1, 0.15) is 31.9 Å². The van der Waals surface area contributed by atoms with E-state index < -0.39 is 0 Å². The summed E-state index contributed by atoms with van der Waals surface area (Å²) in [5.74, 6) is 2.19. The zero-order valence-corrected chi connectivity index (χ0v) is 23.1. The Bertz CT molecular complexity index is 1280. The van der Waals surface area contributed by atoms with Crippen LogP contribution in [-0.4, -0.2) is 91.3 Å². The molecule has 2 aromatic carbocycles. The van der Waals surface area contributed by atoms with Gasteiger partial charge in [0.05, 0.1) is 76.0 Å². The van der Waals surface area contributed by atoms with E-state index in [0.29, 0.717) is 57.6 Å². The molecule has 208 valence electrons. The Morgan fingerprint density at radius 1 is 0.769 bits per heavy atom. The number of hydrogen-bond acceptors (Lipinski definition) is 6. The third-order valence-electron chi connectivity index (χ3n) is 9.44. The van der Waals surface area contributed by atoms with Crippen LogP contribution in [-0.2, 0) is 9.47 Å². The van der Waals surface area contributed by atoms with Crippen LogP contribution in [0.4, 0.5) is 11.4 Å². The van der Waals surface area contributed by atoms with Crippen LogP contribution in [0.3, 0.4) is 0 Å². The quantitative estimate of drug-likeness (QED) is 0.366. The van der Waals surface area contributed by atoms with Gasteiger partial charge in [0.25, 0.3) is 0 Å². The van der Waals surface area contributed by atoms with Crippen molar-refractivity contribution in [3.8, 4) is 28.4 Å². The molecule has 0 N–H and O–H groups in total. The third kappa shape index (κ3) is 3.90. The zero-order chi connectivity index (χ0) is 26.5. The lowest BCUT2D eigenvalue weighted by Gasteiger charge is -2.43. The first kappa shape index (κ1) is 25.3. The number of hydrogen-bond donors (Lipinski definition) is 0. The topological polar surface area (TPSA) is 63.2 Å². The van der Waals surface area contributed by atoms with Crippen molar-refractivity contribution in [1.82, 2.24) is 8.97 Å². The lowest BCUT2D eigenvalue weighted by atomic mass is 9.96. The molecule has 8 heteroatoms. The van der Waals surface area contributed by atoms with Crippen molar-refractivity contribution in [3.05, 3.63) is 29.3 Å². The van der Waals surface area contributed by atoms with Crippen LogP contribution in [0.5, 0.6) is 17.2 Å². The summed E-state index contributed by atoms with van der Waals surface area (Å²) < 4.78 is 33.3. The normalized spacial score (nSPS) is 22.5. The van der Waals surface area contributed by atoms with Gasteiger partial charge < -0.3 is 23.7 Å². The number of quaternary nitrogens is 2. The van der Waals surface area contributed by atoms with Crippen molar-refractivity contribution in [2.45, 2.75) is 32.6 Å². The van der Waals surface area contributed by atoms with E-state index >= 15 is 0 Å². The Hall–Kier alpha value is -2.65. The molecule has 4 bridgehead atoms. The molecule has 0 aromatic heterocycles. The van der Waals surface area contributed by atoms with Crippen molar-refractivity contribution >= 4 is 17.2 Å². The SMILES string of the molecule is CCCCOc1c2c3c(c4c1[N+]1(CCCO4)CCOCC1)OCCC[N+]1(CCOCC1)c1cccc(c1-2)C3=O. The molecule has 4 heterocycles. The number of ketones is 1. The largest absolute Gasteiger partial charge is 0.488 e. The van der Waals surface area contributed by atoms with Crippen LogP contribution < -0.4 is 23.2 Å². The zero-order valence-electron chi connectivity index (χ0n) is 23.1. The Labute approximate surface area is 230 Å². The summed E-state index contributed by atoms with van der Waals surface area (Å²) in [6, 6.07) is 6.29. The van der Waals surface area contributed by atoms with Crippen LogP contribution in [0.25, 0.3) is 11.1 Å². The Morgan fingerprint density at radius 2 is 1.44 bits per heavy atom. The number of carbonyl (C=O) groups is 1. The molecule has 7 rings (SSSR count). The highest BCUT2D eigenvalue weighted by atomic mass is 16.5. The van der Waals surface area contributed by atoms with Gasteiger partial charge in [-0.2, -0.15) is 0 Å². The highest BCUT2D eigenvalue weighted by molar-refractivity contribution is 6.27. The molecule has 0 atom stereocenters. The average Bonchev–Trinajstić information content (AvgIpc) is 3.15. The van der Waals surface area contributed by atoms with Gasteiger partial charge >= 0.3 is 0 Å². The summed E-state index contributed by atoms with van der Waals surface area (Å²) in [6.45, 7) is 12.2. The number of unbranched alkanes of at least 4 members (excludes halogenated alkanes) is 1. The summed E-state index contributed by atoms with van der Waals surface area (Å²) in [4.78, 5) is 14.3. The molecule has 2 spiro atoms. The third-order valence-corrected chi connectivity index (χ3v) is 9.44. The highest BCUT2D eigenvalue weighted by Gasteiger charge is 2.50. The predicted molar refractivity (Wildman–Crippen MR) is 150 cm³/mol. The number of morpholine rings is 2. The summed E-state index contributed by atoms with van der Waals surface area (Å²) in [5, 5.41) is 0. The summed E-state index contributed by atoms with van der Waals surface area (Å²) >= 11 is 0. The average molecular weight is 537 g/mol. The first-order chi connectivity index (χ1) is 19.2. The molecule has 4 aliphatic heterocycles. The summed E-state index contributed by atoms with van der Waals surface area (Å²) in [7, 11) is 0. The minimum absolute atomic E-state index is 0.0228. The molecule has 0 saturated carbocycles. The summed E-state index contributed by atoms with van der Waals surface area (Å²) in [5.41, 5.74) is 5.63. The van der Waals surface area contributed by atoms with Crippen LogP contribution in [0.1, 0.15) is 48.5 Å². The number of benzene rings is 2. The molecule has 39 heavy (non-hydrogen) atoms. The fourth-order valence-electron chi connectivity index (χ4n) is 7.42. The van der Waals surface area contributed by atoms with Gasteiger partial charge in [0.15, 0.2) is 17.3 Å². The molecule has 0 unspecified atom stereocenters. The van der Waals surface area contributed by atoms with Crippen molar-refractivity contribution in [3.63, 3.8) is 0 Å². The van der Waals surface area contributed by atoms with E-state index in [1.807, 2.05) is 6.07 Å². The van der Waals surface area contributed by atoms with Crippen LogP contribution >= 0.6 is 0 Å². The maximum Gasteiger partial charge on any atom is 0.227 e. The van der Waals surface area contributed by atoms with Crippen molar-refractivity contribution in [2.75, 3.05) is 85.5 Å². The standard InChI is InChI=1S/C31H40N2O6/c1-2-3-15-37-29-25-24-22-7-4-8-23(24)32(11-18-35-19-12-32)9-5-16-38-30(26(25)28(22)34)31-27(29)33(10-6-17-39-31)13-20-36-21-14-33/h4,7-8H,2-3,5-6,9-21H2,1H3/q+2. The van der Waals surface area contributed by atoms with Gasteiger partial charge in [-0.15, -0.1) is 0 Å². The Kier molecular flexibility index (Phi) is 6.54. The number of ether oxygens (including phenoxy) is 5. The van der Waals surface area contributed by atoms with E-state index in [1.54, 1.807) is 0 Å².